The van der Waals surface area contributed by atoms with E-state index < -0.39 is 0 Å². The van der Waals surface area contributed by atoms with Gasteiger partial charge in [-0.15, -0.1) is 0 Å². The summed E-state index contributed by atoms with van der Waals surface area (Å²) in [6.07, 6.45) is 3.44. The number of rotatable bonds is 3. The molecule has 1 heterocycles. The Labute approximate surface area is 102 Å². The van der Waals surface area contributed by atoms with E-state index in [4.69, 9.17) is 9.47 Å². The fourth-order valence-electron chi connectivity index (χ4n) is 1.50. The zero-order valence-corrected chi connectivity index (χ0v) is 10.4. The number of halogens is 1. The smallest absolute Gasteiger partial charge is 0.231 e. The Kier molecular flexibility index (Phi) is 3.29. The highest BCUT2D eigenvalue weighted by molar-refractivity contribution is 9.10. The third kappa shape index (κ3) is 2.11. The molecule has 0 N–H and O–H groups in total. The molecule has 0 unspecified atom stereocenters. The first-order chi connectivity index (χ1) is 7.74. The molecule has 0 saturated carbocycles. The van der Waals surface area contributed by atoms with Crippen LogP contribution in [0.1, 0.15) is 18.9 Å². The predicted molar refractivity (Wildman–Crippen MR) is 64.6 cm³/mol. The molecule has 16 heavy (non-hydrogen) atoms. The van der Waals surface area contributed by atoms with Crippen LogP contribution in [0.3, 0.4) is 0 Å². The molecule has 0 fully saturated rings. The SMILES string of the molecule is CCC(C=O)=Cc1cc(Br)c2c(c1)OCO2. The van der Waals surface area contributed by atoms with E-state index in [1.54, 1.807) is 0 Å². The van der Waals surface area contributed by atoms with Crippen molar-refractivity contribution >= 4 is 28.3 Å². The average Bonchev–Trinajstić information content (AvgIpc) is 2.74. The van der Waals surface area contributed by atoms with E-state index in [1.165, 1.54) is 0 Å². The fraction of sp³-hybridized carbons (Fsp3) is 0.250. The summed E-state index contributed by atoms with van der Waals surface area (Å²) in [5, 5.41) is 0. The molecular weight excluding hydrogens is 272 g/mol. The molecule has 1 aliphatic heterocycles. The Bertz CT molecular complexity index is 452. The van der Waals surface area contributed by atoms with E-state index in [9.17, 15) is 4.79 Å². The number of hydrogen-bond acceptors (Lipinski definition) is 3. The molecule has 1 aromatic carbocycles. The maximum atomic E-state index is 10.7. The Morgan fingerprint density at radius 2 is 2.31 bits per heavy atom. The summed E-state index contributed by atoms with van der Waals surface area (Å²) in [4.78, 5) is 10.7. The van der Waals surface area contributed by atoms with Gasteiger partial charge in [-0.1, -0.05) is 6.92 Å². The van der Waals surface area contributed by atoms with Crippen LogP contribution in [0.4, 0.5) is 0 Å². The van der Waals surface area contributed by atoms with E-state index >= 15 is 0 Å². The topological polar surface area (TPSA) is 35.5 Å². The third-order valence-corrected chi connectivity index (χ3v) is 2.95. The molecule has 1 aliphatic rings. The van der Waals surface area contributed by atoms with Gasteiger partial charge in [0.2, 0.25) is 6.79 Å². The fourth-order valence-corrected chi connectivity index (χ4v) is 2.08. The van der Waals surface area contributed by atoms with Crippen molar-refractivity contribution in [1.82, 2.24) is 0 Å². The van der Waals surface area contributed by atoms with Gasteiger partial charge in [-0.3, -0.25) is 4.79 Å². The van der Waals surface area contributed by atoms with Gasteiger partial charge in [0.1, 0.15) is 6.29 Å². The van der Waals surface area contributed by atoms with E-state index in [-0.39, 0.29) is 6.79 Å². The summed E-state index contributed by atoms with van der Waals surface area (Å²) in [6.45, 7) is 2.19. The summed E-state index contributed by atoms with van der Waals surface area (Å²) in [7, 11) is 0. The van der Waals surface area contributed by atoms with Crippen molar-refractivity contribution < 1.29 is 14.3 Å². The Morgan fingerprint density at radius 3 is 3.00 bits per heavy atom. The standard InChI is InChI=1S/C12H11BrO3/c1-2-8(6-14)3-9-4-10(13)12-11(5-9)15-7-16-12/h3-6H,2,7H2,1H3. The van der Waals surface area contributed by atoms with Gasteiger partial charge in [-0.05, 0) is 51.7 Å². The Hall–Kier alpha value is -1.29. The molecule has 0 radical (unpaired) electrons. The quantitative estimate of drug-likeness (QED) is 0.631. The molecule has 0 aliphatic carbocycles. The lowest BCUT2D eigenvalue weighted by Gasteiger charge is -2.02. The van der Waals surface area contributed by atoms with Gasteiger partial charge in [0, 0.05) is 0 Å². The molecule has 0 amide bonds. The van der Waals surface area contributed by atoms with Crippen LogP contribution in [-0.2, 0) is 4.79 Å². The first kappa shape index (κ1) is 11.2. The maximum absolute atomic E-state index is 10.7. The van der Waals surface area contributed by atoms with Crippen molar-refractivity contribution in [3.63, 3.8) is 0 Å². The minimum absolute atomic E-state index is 0.245. The summed E-state index contributed by atoms with van der Waals surface area (Å²) >= 11 is 3.41. The van der Waals surface area contributed by atoms with Crippen LogP contribution in [0.2, 0.25) is 0 Å². The largest absolute Gasteiger partial charge is 0.454 e. The minimum atomic E-state index is 0.245. The van der Waals surface area contributed by atoms with Crippen molar-refractivity contribution in [3.8, 4) is 11.5 Å². The first-order valence-electron chi connectivity index (χ1n) is 4.99. The van der Waals surface area contributed by atoms with Gasteiger partial charge in [0.25, 0.3) is 0 Å². The number of allylic oxidation sites excluding steroid dienone is 1. The van der Waals surface area contributed by atoms with Crippen LogP contribution in [0.25, 0.3) is 6.08 Å². The molecule has 0 atom stereocenters. The van der Waals surface area contributed by atoms with Crippen LogP contribution in [-0.4, -0.2) is 13.1 Å². The predicted octanol–water partition coefficient (Wildman–Crippen LogP) is 3.17. The molecule has 84 valence electrons. The van der Waals surface area contributed by atoms with E-state index in [0.717, 1.165) is 34.1 Å². The summed E-state index contributed by atoms with van der Waals surface area (Å²) < 4.78 is 11.4. The highest BCUT2D eigenvalue weighted by atomic mass is 79.9. The van der Waals surface area contributed by atoms with Crippen LogP contribution >= 0.6 is 15.9 Å². The number of benzene rings is 1. The molecular formula is C12H11BrO3. The highest BCUT2D eigenvalue weighted by Crippen LogP contribution is 2.40. The maximum Gasteiger partial charge on any atom is 0.231 e. The van der Waals surface area contributed by atoms with Crippen LogP contribution in [0.15, 0.2) is 22.2 Å². The highest BCUT2D eigenvalue weighted by Gasteiger charge is 2.17. The first-order valence-corrected chi connectivity index (χ1v) is 5.78. The second kappa shape index (κ2) is 4.70. The van der Waals surface area contributed by atoms with Crippen molar-refractivity contribution in [3.05, 3.63) is 27.7 Å². The average molecular weight is 283 g/mol. The second-order valence-corrected chi connectivity index (χ2v) is 4.28. The van der Waals surface area contributed by atoms with Crippen molar-refractivity contribution in [2.75, 3.05) is 6.79 Å². The summed E-state index contributed by atoms with van der Waals surface area (Å²) in [5.74, 6) is 1.43. The van der Waals surface area contributed by atoms with Gasteiger partial charge >= 0.3 is 0 Å². The molecule has 0 bridgehead atoms. The number of ether oxygens (including phenoxy) is 2. The van der Waals surface area contributed by atoms with Gasteiger partial charge < -0.3 is 9.47 Å². The van der Waals surface area contributed by atoms with E-state index in [2.05, 4.69) is 15.9 Å². The zero-order valence-electron chi connectivity index (χ0n) is 8.83. The van der Waals surface area contributed by atoms with Crippen molar-refractivity contribution in [2.24, 2.45) is 0 Å². The number of hydrogen-bond donors (Lipinski definition) is 0. The zero-order chi connectivity index (χ0) is 11.5. The number of carbonyl (C=O) groups is 1. The number of carbonyl (C=O) groups excluding carboxylic acids is 1. The Balaban J connectivity index is 2.40. The number of aldehydes is 1. The molecule has 0 aromatic heterocycles. The lowest BCUT2D eigenvalue weighted by atomic mass is 10.1. The molecule has 4 heteroatoms. The van der Waals surface area contributed by atoms with Gasteiger partial charge in [-0.2, -0.15) is 0 Å². The van der Waals surface area contributed by atoms with E-state index in [0.29, 0.717) is 5.75 Å². The lowest BCUT2D eigenvalue weighted by Crippen LogP contribution is -1.93. The minimum Gasteiger partial charge on any atom is -0.454 e. The van der Waals surface area contributed by atoms with Crippen molar-refractivity contribution in [2.45, 2.75) is 13.3 Å². The molecule has 0 spiro atoms. The summed E-state index contributed by atoms with van der Waals surface area (Å²) in [5.41, 5.74) is 1.69. The van der Waals surface area contributed by atoms with Gasteiger partial charge in [0.15, 0.2) is 11.5 Å². The van der Waals surface area contributed by atoms with Crippen LogP contribution in [0, 0.1) is 0 Å². The third-order valence-electron chi connectivity index (χ3n) is 2.36. The van der Waals surface area contributed by atoms with Gasteiger partial charge in [0.05, 0.1) is 4.47 Å². The lowest BCUT2D eigenvalue weighted by molar-refractivity contribution is -0.104. The number of fused-ring (bicyclic) bond motifs is 1. The second-order valence-electron chi connectivity index (χ2n) is 3.43. The molecule has 1 aromatic rings. The summed E-state index contributed by atoms with van der Waals surface area (Å²) in [6, 6.07) is 3.78. The van der Waals surface area contributed by atoms with Crippen LogP contribution in [0.5, 0.6) is 11.5 Å². The molecule has 3 nitrogen and oxygen atoms in total. The molecule has 0 saturated heterocycles. The van der Waals surface area contributed by atoms with Crippen molar-refractivity contribution in [1.29, 1.82) is 0 Å². The molecule has 2 rings (SSSR count). The van der Waals surface area contributed by atoms with E-state index in [1.807, 2.05) is 25.1 Å². The normalized spacial score (nSPS) is 14.0. The van der Waals surface area contributed by atoms with Gasteiger partial charge in [-0.25, -0.2) is 0 Å². The van der Waals surface area contributed by atoms with Crippen LogP contribution < -0.4 is 9.47 Å². The monoisotopic (exact) mass is 282 g/mol. The Morgan fingerprint density at radius 1 is 1.50 bits per heavy atom.